The number of hydrogen-bond donors (Lipinski definition) is 2. The molecule has 0 radical (unpaired) electrons. The molecule has 0 aliphatic carbocycles. The number of nitrogens with zero attached hydrogens (tertiary/aromatic N) is 3. The van der Waals surface area contributed by atoms with Crippen molar-refractivity contribution >= 4 is 17.0 Å². The topological polar surface area (TPSA) is 91.8 Å². The number of hydrogen-bond acceptors (Lipinski definition) is 4. The molecule has 6 heteroatoms. The predicted octanol–water partition coefficient (Wildman–Crippen LogP) is 0.0511. The number of fused-ring (bicyclic) bond motifs is 1. The molecule has 0 unspecified atom stereocenters. The van der Waals surface area contributed by atoms with E-state index in [0.717, 1.165) is 0 Å². The predicted molar refractivity (Wildman–Crippen MR) is 38.6 cm³/mol. The highest BCUT2D eigenvalue weighted by Crippen LogP contribution is 2.09. The molecule has 0 amide bonds. The molecule has 0 aliphatic rings. The Bertz CT molecular complexity index is 436. The molecule has 2 N–H and O–H groups in total. The first-order chi connectivity index (χ1) is 5.79. The van der Waals surface area contributed by atoms with Crippen molar-refractivity contribution in [1.82, 2.24) is 20.2 Å². The zero-order chi connectivity index (χ0) is 8.55. The second-order valence-corrected chi connectivity index (χ2v) is 2.16. The van der Waals surface area contributed by atoms with Gasteiger partial charge in [0.25, 0.3) is 0 Å². The van der Waals surface area contributed by atoms with Gasteiger partial charge in [-0.3, -0.25) is 5.10 Å². The molecule has 0 spiro atoms. The first-order valence-electron chi connectivity index (χ1n) is 3.16. The maximum absolute atomic E-state index is 10.5. The molecular formula is C6H4N4O2. The lowest BCUT2D eigenvalue weighted by atomic mass is 10.3. The number of carboxylic acids is 1. The molecule has 2 aromatic heterocycles. The largest absolute Gasteiger partial charge is 0.476 e. The van der Waals surface area contributed by atoms with Gasteiger partial charge in [0.1, 0.15) is 17.4 Å². The van der Waals surface area contributed by atoms with Gasteiger partial charge in [-0.15, -0.1) is 0 Å². The highest BCUT2D eigenvalue weighted by Gasteiger charge is 2.12. The zero-order valence-electron chi connectivity index (χ0n) is 5.85. The SMILES string of the molecule is O=C(O)c1[nH]nc2cncnc12. The van der Waals surface area contributed by atoms with Crippen LogP contribution in [-0.4, -0.2) is 31.2 Å². The minimum Gasteiger partial charge on any atom is -0.476 e. The van der Waals surface area contributed by atoms with Crippen LogP contribution in [0.2, 0.25) is 0 Å². The maximum atomic E-state index is 10.5. The van der Waals surface area contributed by atoms with Gasteiger partial charge in [-0.05, 0) is 0 Å². The van der Waals surface area contributed by atoms with Crippen LogP contribution in [0.3, 0.4) is 0 Å². The summed E-state index contributed by atoms with van der Waals surface area (Å²) < 4.78 is 0. The van der Waals surface area contributed by atoms with Gasteiger partial charge in [-0.25, -0.2) is 14.8 Å². The van der Waals surface area contributed by atoms with Crippen LogP contribution in [0.25, 0.3) is 11.0 Å². The van der Waals surface area contributed by atoms with Crippen LogP contribution in [0.15, 0.2) is 12.5 Å². The molecule has 2 heterocycles. The van der Waals surface area contributed by atoms with Gasteiger partial charge in [0, 0.05) is 0 Å². The number of aromatic amines is 1. The third kappa shape index (κ3) is 0.815. The lowest BCUT2D eigenvalue weighted by molar-refractivity contribution is 0.0692. The lowest BCUT2D eigenvalue weighted by Crippen LogP contribution is -1.97. The van der Waals surface area contributed by atoms with E-state index < -0.39 is 5.97 Å². The monoisotopic (exact) mass is 164 g/mol. The fourth-order valence-corrected chi connectivity index (χ4v) is 0.915. The molecule has 2 aromatic rings. The molecule has 6 nitrogen and oxygen atoms in total. The van der Waals surface area contributed by atoms with Crippen LogP contribution >= 0.6 is 0 Å². The van der Waals surface area contributed by atoms with Crippen molar-refractivity contribution in [3.8, 4) is 0 Å². The van der Waals surface area contributed by atoms with Gasteiger partial charge in [-0.2, -0.15) is 5.10 Å². The summed E-state index contributed by atoms with van der Waals surface area (Å²) in [5.41, 5.74) is 0.778. The fraction of sp³-hybridized carbons (Fsp3) is 0. The van der Waals surface area contributed by atoms with Crippen LogP contribution in [0, 0.1) is 0 Å². The number of rotatable bonds is 1. The Kier molecular flexibility index (Phi) is 1.26. The smallest absolute Gasteiger partial charge is 0.356 e. The van der Waals surface area contributed by atoms with E-state index in [-0.39, 0.29) is 5.69 Å². The van der Waals surface area contributed by atoms with Crippen LogP contribution in [-0.2, 0) is 0 Å². The number of H-pyrrole nitrogens is 1. The third-order valence-corrected chi connectivity index (χ3v) is 1.43. The standard InChI is InChI=1S/C6H4N4O2/c11-6(12)5-4-3(9-10-5)1-7-2-8-4/h1-2H,(H,9,10)(H,11,12). The van der Waals surface area contributed by atoms with Gasteiger partial charge in [0.2, 0.25) is 0 Å². The molecule has 0 atom stereocenters. The van der Waals surface area contributed by atoms with Crippen molar-refractivity contribution in [2.45, 2.75) is 0 Å². The Labute approximate surface area is 66.3 Å². The summed E-state index contributed by atoms with van der Waals surface area (Å²) in [6.45, 7) is 0. The molecule has 0 bridgehead atoms. The summed E-state index contributed by atoms with van der Waals surface area (Å²) in [5.74, 6) is -1.07. The van der Waals surface area contributed by atoms with E-state index in [1.807, 2.05) is 0 Å². The zero-order valence-corrected chi connectivity index (χ0v) is 5.85. The number of carbonyl (C=O) groups is 1. The molecule has 0 fully saturated rings. The van der Waals surface area contributed by atoms with Gasteiger partial charge in [0.15, 0.2) is 5.69 Å². The molecule has 0 saturated heterocycles. The summed E-state index contributed by atoms with van der Waals surface area (Å²) in [6, 6.07) is 0. The quantitative estimate of drug-likeness (QED) is 0.621. The van der Waals surface area contributed by atoms with Crippen LogP contribution in [0.5, 0.6) is 0 Å². The summed E-state index contributed by atoms with van der Waals surface area (Å²) in [6.07, 6.45) is 2.73. The highest BCUT2D eigenvalue weighted by atomic mass is 16.4. The molecule has 12 heavy (non-hydrogen) atoms. The fourth-order valence-electron chi connectivity index (χ4n) is 0.915. The van der Waals surface area contributed by atoms with Gasteiger partial charge in [0.05, 0.1) is 6.20 Å². The Morgan fingerprint density at radius 3 is 3.17 bits per heavy atom. The number of aromatic carboxylic acids is 1. The highest BCUT2D eigenvalue weighted by molar-refractivity contribution is 5.98. The number of aromatic nitrogens is 4. The third-order valence-electron chi connectivity index (χ3n) is 1.43. The van der Waals surface area contributed by atoms with Crippen molar-refractivity contribution in [3.63, 3.8) is 0 Å². The van der Waals surface area contributed by atoms with E-state index in [1.165, 1.54) is 12.5 Å². The normalized spacial score (nSPS) is 10.3. The second kappa shape index (κ2) is 2.26. The van der Waals surface area contributed by atoms with Crippen molar-refractivity contribution in [3.05, 3.63) is 18.2 Å². The Balaban J connectivity index is 2.79. The Morgan fingerprint density at radius 1 is 1.58 bits per heavy atom. The van der Waals surface area contributed by atoms with E-state index in [0.29, 0.717) is 11.0 Å². The minimum absolute atomic E-state index is 0.00704. The molecular weight excluding hydrogens is 160 g/mol. The molecule has 0 aromatic carbocycles. The first kappa shape index (κ1) is 6.71. The summed E-state index contributed by atoms with van der Waals surface area (Å²) >= 11 is 0. The maximum Gasteiger partial charge on any atom is 0.356 e. The number of carboxylic acid groups (broad SMARTS) is 1. The van der Waals surface area contributed by atoms with Gasteiger partial charge >= 0.3 is 5.97 Å². The van der Waals surface area contributed by atoms with E-state index in [4.69, 9.17) is 5.11 Å². The van der Waals surface area contributed by atoms with E-state index >= 15 is 0 Å². The summed E-state index contributed by atoms with van der Waals surface area (Å²) in [5, 5.41) is 14.7. The van der Waals surface area contributed by atoms with E-state index in [1.54, 1.807) is 0 Å². The van der Waals surface area contributed by atoms with Crippen molar-refractivity contribution < 1.29 is 9.90 Å². The lowest BCUT2D eigenvalue weighted by Gasteiger charge is -1.86. The molecule has 60 valence electrons. The van der Waals surface area contributed by atoms with Crippen LogP contribution in [0.4, 0.5) is 0 Å². The average molecular weight is 164 g/mol. The second-order valence-electron chi connectivity index (χ2n) is 2.16. The molecule has 0 saturated carbocycles. The first-order valence-corrected chi connectivity index (χ1v) is 3.16. The van der Waals surface area contributed by atoms with Gasteiger partial charge < -0.3 is 5.11 Å². The van der Waals surface area contributed by atoms with Gasteiger partial charge in [-0.1, -0.05) is 0 Å². The molecule has 0 aliphatic heterocycles. The van der Waals surface area contributed by atoms with E-state index in [2.05, 4.69) is 20.2 Å². The Hall–Kier alpha value is -1.98. The van der Waals surface area contributed by atoms with Crippen LogP contribution < -0.4 is 0 Å². The minimum atomic E-state index is -1.07. The van der Waals surface area contributed by atoms with Crippen LogP contribution in [0.1, 0.15) is 10.5 Å². The average Bonchev–Trinajstić information content (AvgIpc) is 2.47. The van der Waals surface area contributed by atoms with Crippen molar-refractivity contribution in [1.29, 1.82) is 0 Å². The van der Waals surface area contributed by atoms with Crippen molar-refractivity contribution in [2.75, 3.05) is 0 Å². The summed E-state index contributed by atoms with van der Waals surface area (Å²) in [4.78, 5) is 18.0. The van der Waals surface area contributed by atoms with E-state index in [9.17, 15) is 4.79 Å². The number of nitrogens with one attached hydrogen (secondary N) is 1. The van der Waals surface area contributed by atoms with Crippen molar-refractivity contribution in [2.24, 2.45) is 0 Å². The summed E-state index contributed by atoms with van der Waals surface area (Å²) in [7, 11) is 0. The Morgan fingerprint density at radius 2 is 2.42 bits per heavy atom. The molecule has 2 rings (SSSR count).